The van der Waals surface area contributed by atoms with Crippen molar-refractivity contribution in [2.24, 2.45) is 0 Å². The van der Waals surface area contributed by atoms with Gasteiger partial charge in [0.1, 0.15) is 11.6 Å². The summed E-state index contributed by atoms with van der Waals surface area (Å²) in [5, 5.41) is 15.2. The van der Waals surface area contributed by atoms with Gasteiger partial charge >= 0.3 is 0 Å². The Hall–Kier alpha value is -1.85. The van der Waals surface area contributed by atoms with E-state index < -0.39 is 0 Å². The normalized spacial score (nSPS) is 20.7. The van der Waals surface area contributed by atoms with Gasteiger partial charge in [-0.05, 0) is 23.6 Å². The summed E-state index contributed by atoms with van der Waals surface area (Å²) in [5.74, 6) is 1.30. The van der Waals surface area contributed by atoms with Crippen LogP contribution in [-0.2, 0) is 0 Å². The molecular formula is C16H20N4O. The minimum absolute atomic E-state index is 0.302. The number of anilines is 1. The molecule has 2 saturated heterocycles. The van der Waals surface area contributed by atoms with Gasteiger partial charge in [0.25, 0.3) is 0 Å². The van der Waals surface area contributed by atoms with Gasteiger partial charge in [0, 0.05) is 56.9 Å². The summed E-state index contributed by atoms with van der Waals surface area (Å²) >= 11 is 0. The summed E-state index contributed by atoms with van der Waals surface area (Å²) in [6.07, 6.45) is 1.86. The van der Waals surface area contributed by atoms with Gasteiger partial charge in [0.05, 0.1) is 0 Å². The zero-order valence-electron chi connectivity index (χ0n) is 12.0. The van der Waals surface area contributed by atoms with Gasteiger partial charge in [0.2, 0.25) is 0 Å². The van der Waals surface area contributed by atoms with Crippen LogP contribution in [0.2, 0.25) is 0 Å². The Bertz CT molecular complexity index is 648. The zero-order chi connectivity index (χ0) is 14.2. The molecule has 4 rings (SSSR count). The molecule has 2 fully saturated rings. The highest BCUT2D eigenvalue weighted by Gasteiger charge is 2.28. The molecule has 0 radical (unpaired) electrons. The smallest absolute Gasteiger partial charge is 0.136 e. The fourth-order valence-electron chi connectivity index (χ4n) is 3.22. The third kappa shape index (κ3) is 2.32. The van der Waals surface area contributed by atoms with Crippen LogP contribution in [0, 0.1) is 0 Å². The first-order valence-electron chi connectivity index (χ1n) is 7.59. The van der Waals surface area contributed by atoms with Crippen molar-refractivity contribution >= 4 is 16.6 Å². The molecule has 5 nitrogen and oxygen atoms in total. The summed E-state index contributed by atoms with van der Waals surface area (Å²) in [7, 11) is 0. The predicted octanol–water partition coefficient (Wildman–Crippen LogP) is 1.03. The van der Waals surface area contributed by atoms with Crippen molar-refractivity contribution in [1.82, 2.24) is 15.2 Å². The van der Waals surface area contributed by atoms with Crippen molar-refractivity contribution in [3.05, 3.63) is 30.5 Å². The van der Waals surface area contributed by atoms with Crippen molar-refractivity contribution in [2.45, 2.75) is 6.04 Å². The van der Waals surface area contributed by atoms with Gasteiger partial charge in [-0.15, -0.1) is 0 Å². The standard InChI is InChI=1S/C16H20N4O/c21-14-2-1-12-3-4-18-16(15(12)9-14)20-7-5-19(6-8-20)13-10-17-11-13/h1-4,9,13,17,21H,5-8,10-11H2. The number of phenolic OH excluding ortho intramolecular Hbond substituents is 1. The summed E-state index contributed by atoms with van der Waals surface area (Å²) in [4.78, 5) is 9.46. The highest BCUT2D eigenvalue weighted by molar-refractivity contribution is 5.93. The first-order chi connectivity index (χ1) is 10.3. The maximum Gasteiger partial charge on any atom is 0.136 e. The number of nitrogens with one attached hydrogen (secondary N) is 1. The molecule has 2 aliphatic heterocycles. The molecule has 3 heterocycles. The van der Waals surface area contributed by atoms with Crippen LogP contribution < -0.4 is 10.2 Å². The van der Waals surface area contributed by atoms with E-state index in [1.54, 1.807) is 6.07 Å². The fourth-order valence-corrected chi connectivity index (χ4v) is 3.22. The van der Waals surface area contributed by atoms with E-state index in [0.717, 1.165) is 61.9 Å². The third-order valence-corrected chi connectivity index (χ3v) is 4.62. The maximum atomic E-state index is 9.75. The van der Waals surface area contributed by atoms with Crippen molar-refractivity contribution in [2.75, 3.05) is 44.2 Å². The molecule has 21 heavy (non-hydrogen) atoms. The fraction of sp³-hybridized carbons (Fsp3) is 0.438. The van der Waals surface area contributed by atoms with E-state index in [0.29, 0.717) is 5.75 Å². The first kappa shape index (κ1) is 12.9. The third-order valence-electron chi connectivity index (χ3n) is 4.62. The highest BCUT2D eigenvalue weighted by atomic mass is 16.3. The highest BCUT2D eigenvalue weighted by Crippen LogP contribution is 2.28. The van der Waals surface area contributed by atoms with Crippen LogP contribution in [-0.4, -0.2) is 60.3 Å². The SMILES string of the molecule is Oc1ccc2ccnc(N3CCN(C4CNC4)CC3)c2c1. The minimum atomic E-state index is 0.302. The number of hydrogen-bond donors (Lipinski definition) is 2. The molecule has 2 aromatic rings. The Labute approximate surface area is 124 Å². The molecule has 2 N–H and O–H groups in total. The van der Waals surface area contributed by atoms with Crippen LogP contribution in [0.15, 0.2) is 30.5 Å². The van der Waals surface area contributed by atoms with Gasteiger partial charge in [-0.2, -0.15) is 0 Å². The van der Waals surface area contributed by atoms with E-state index in [9.17, 15) is 5.11 Å². The Morgan fingerprint density at radius 3 is 2.62 bits per heavy atom. The summed E-state index contributed by atoms with van der Waals surface area (Å²) < 4.78 is 0. The lowest BCUT2D eigenvalue weighted by atomic mass is 10.1. The van der Waals surface area contributed by atoms with Crippen LogP contribution in [0.4, 0.5) is 5.82 Å². The molecule has 2 aliphatic rings. The Morgan fingerprint density at radius 1 is 1.10 bits per heavy atom. The summed E-state index contributed by atoms with van der Waals surface area (Å²) in [6.45, 7) is 6.42. The van der Waals surface area contributed by atoms with Crippen molar-refractivity contribution in [3.8, 4) is 5.75 Å². The van der Waals surface area contributed by atoms with Crippen LogP contribution >= 0.6 is 0 Å². The second-order valence-electron chi connectivity index (χ2n) is 5.88. The Kier molecular flexibility index (Phi) is 3.16. The number of piperazine rings is 1. The second-order valence-corrected chi connectivity index (χ2v) is 5.88. The number of nitrogens with zero attached hydrogens (tertiary/aromatic N) is 3. The van der Waals surface area contributed by atoms with E-state index in [2.05, 4.69) is 20.1 Å². The average molecular weight is 284 g/mol. The molecule has 110 valence electrons. The van der Waals surface area contributed by atoms with Crippen molar-refractivity contribution < 1.29 is 5.11 Å². The first-order valence-corrected chi connectivity index (χ1v) is 7.59. The number of pyridine rings is 1. The topological polar surface area (TPSA) is 51.6 Å². The number of rotatable bonds is 2. The van der Waals surface area contributed by atoms with Crippen LogP contribution in [0.3, 0.4) is 0 Å². The zero-order valence-corrected chi connectivity index (χ0v) is 12.0. The molecule has 0 unspecified atom stereocenters. The van der Waals surface area contributed by atoms with Gasteiger partial charge in [0.15, 0.2) is 0 Å². The van der Waals surface area contributed by atoms with E-state index in [-0.39, 0.29) is 0 Å². The van der Waals surface area contributed by atoms with Crippen LogP contribution in [0.1, 0.15) is 0 Å². The number of aromatic nitrogens is 1. The van der Waals surface area contributed by atoms with Crippen molar-refractivity contribution in [3.63, 3.8) is 0 Å². The second kappa shape index (κ2) is 5.16. The van der Waals surface area contributed by atoms with Crippen molar-refractivity contribution in [1.29, 1.82) is 0 Å². The van der Waals surface area contributed by atoms with Crippen LogP contribution in [0.5, 0.6) is 5.75 Å². The quantitative estimate of drug-likeness (QED) is 0.863. The van der Waals surface area contributed by atoms with Gasteiger partial charge in [-0.25, -0.2) is 4.98 Å². The molecule has 0 bridgehead atoms. The number of benzene rings is 1. The van der Waals surface area contributed by atoms with Gasteiger partial charge in [-0.1, -0.05) is 6.07 Å². The maximum absolute atomic E-state index is 9.75. The molecular weight excluding hydrogens is 264 g/mol. The van der Waals surface area contributed by atoms with E-state index in [1.165, 1.54) is 0 Å². The predicted molar refractivity (Wildman–Crippen MR) is 83.9 cm³/mol. The number of fused-ring (bicyclic) bond motifs is 1. The van der Waals surface area contributed by atoms with E-state index >= 15 is 0 Å². The number of hydrogen-bond acceptors (Lipinski definition) is 5. The molecule has 1 aromatic carbocycles. The van der Waals surface area contributed by atoms with E-state index in [1.807, 2.05) is 24.4 Å². The Morgan fingerprint density at radius 2 is 1.90 bits per heavy atom. The average Bonchev–Trinajstić information content (AvgIpc) is 2.46. The van der Waals surface area contributed by atoms with Gasteiger partial charge in [-0.3, -0.25) is 4.90 Å². The number of phenols is 1. The summed E-state index contributed by atoms with van der Waals surface area (Å²) in [6, 6.07) is 8.21. The molecule has 0 aliphatic carbocycles. The molecule has 5 heteroatoms. The monoisotopic (exact) mass is 284 g/mol. The molecule has 0 spiro atoms. The Balaban J connectivity index is 1.58. The lowest BCUT2D eigenvalue weighted by molar-refractivity contribution is 0.138. The molecule has 0 atom stereocenters. The molecule has 0 amide bonds. The molecule has 1 aromatic heterocycles. The molecule has 0 saturated carbocycles. The van der Waals surface area contributed by atoms with E-state index in [4.69, 9.17) is 0 Å². The van der Waals surface area contributed by atoms with Gasteiger partial charge < -0.3 is 15.3 Å². The minimum Gasteiger partial charge on any atom is -0.508 e. The lowest BCUT2D eigenvalue weighted by Gasteiger charge is -2.43. The lowest BCUT2D eigenvalue weighted by Crippen LogP contribution is -2.61. The number of aromatic hydroxyl groups is 1. The van der Waals surface area contributed by atoms with Crippen LogP contribution in [0.25, 0.3) is 10.8 Å². The largest absolute Gasteiger partial charge is 0.508 e. The summed E-state index contributed by atoms with van der Waals surface area (Å²) in [5.41, 5.74) is 0.